The molecular weight excluding hydrogens is 306 g/mol. The van der Waals surface area contributed by atoms with Gasteiger partial charge in [-0.25, -0.2) is 9.59 Å². The quantitative estimate of drug-likeness (QED) is 0.869. The van der Waals surface area contributed by atoms with Crippen LogP contribution in [0.2, 0.25) is 0 Å². The molecule has 0 radical (unpaired) electrons. The molecule has 3 amide bonds. The molecule has 0 aromatic heterocycles. The fraction of sp³-hybridized carbons (Fsp3) is 0.556. The van der Waals surface area contributed by atoms with Crippen molar-refractivity contribution in [2.24, 2.45) is 0 Å². The summed E-state index contributed by atoms with van der Waals surface area (Å²) < 4.78 is 5.47. The minimum atomic E-state index is -0.485. The maximum Gasteiger partial charge on any atom is 0.410 e. The second-order valence-corrected chi connectivity index (χ2v) is 7.10. The highest BCUT2D eigenvalue weighted by atomic mass is 16.6. The van der Waals surface area contributed by atoms with Gasteiger partial charge in [-0.2, -0.15) is 0 Å². The highest BCUT2D eigenvalue weighted by Gasteiger charge is 2.28. The van der Waals surface area contributed by atoms with Gasteiger partial charge in [0.15, 0.2) is 0 Å². The third kappa shape index (κ3) is 5.15. The van der Waals surface area contributed by atoms with Gasteiger partial charge in [-0.15, -0.1) is 0 Å². The van der Waals surface area contributed by atoms with Gasteiger partial charge in [0.1, 0.15) is 5.60 Å². The van der Waals surface area contributed by atoms with Crippen molar-refractivity contribution in [1.82, 2.24) is 10.2 Å². The van der Waals surface area contributed by atoms with Crippen molar-refractivity contribution < 1.29 is 14.3 Å². The molecule has 0 aliphatic carbocycles. The number of hydrogen-bond acceptors (Lipinski definition) is 3. The zero-order chi connectivity index (χ0) is 17.7. The summed E-state index contributed by atoms with van der Waals surface area (Å²) in [4.78, 5) is 25.5. The Morgan fingerprint density at radius 2 is 2.04 bits per heavy atom. The zero-order valence-corrected chi connectivity index (χ0v) is 14.9. The van der Waals surface area contributed by atoms with Gasteiger partial charge in [-0.3, -0.25) is 0 Å². The smallest absolute Gasteiger partial charge is 0.410 e. The highest BCUT2D eigenvalue weighted by Crippen LogP contribution is 2.29. The lowest BCUT2D eigenvalue weighted by Gasteiger charge is -2.34. The number of nitrogens with one attached hydrogen (secondary N) is 2. The Labute approximate surface area is 143 Å². The van der Waals surface area contributed by atoms with Crippen LogP contribution in [0.4, 0.5) is 15.3 Å². The van der Waals surface area contributed by atoms with Gasteiger partial charge in [0, 0.05) is 31.7 Å². The molecule has 1 unspecified atom stereocenters. The van der Waals surface area contributed by atoms with Crippen molar-refractivity contribution in [2.45, 2.75) is 45.1 Å². The summed E-state index contributed by atoms with van der Waals surface area (Å²) in [6.45, 7) is 6.99. The van der Waals surface area contributed by atoms with E-state index in [1.165, 1.54) is 0 Å². The van der Waals surface area contributed by atoms with Crippen LogP contribution in [0.5, 0.6) is 0 Å². The summed E-state index contributed by atoms with van der Waals surface area (Å²) in [6, 6.07) is 7.54. The Morgan fingerprint density at radius 3 is 2.71 bits per heavy atom. The molecule has 6 nitrogen and oxygen atoms in total. The molecule has 0 saturated carbocycles. The fourth-order valence-corrected chi connectivity index (χ4v) is 2.81. The summed E-state index contributed by atoms with van der Waals surface area (Å²) in [5, 5.41) is 5.32. The van der Waals surface area contributed by atoms with Crippen molar-refractivity contribution in [3.63, 3.8) is 0 Å². The van der Waals surface area contributed by atoms with Crippen LogP contribution < -0.4 is 10.6 Å². The van der Waals surface area contributed by atoms with Gasteiger partial charge < -0.3 is 20.3 Å². The molecule has 2 N–H and O–H groups in total. The maximum atomic E-state index is 12.3. The third-order valence-electron chi connectivity index (χ3n) is 3.92. The third-order valence-corrected chi connectivity index (χ3v) is 3.92. The molecule has 1 fully saturated rings. The van der Waals surface area contributed by atoms with Crippen molar-refractivity contribution >= 4 is 17.8 Å². The Balaban J connectivity index is 2.05. The van der Waals surface area contributed by atoms with E-state index in [-0.39, 0.29) is 18.0 Å². The van der Waals surface area contributed by atoms with E-state index < -0.39 is 5.60 Å². The van der Waals surface area contributed by atoms with E-state index >= 15 is 0 Å². The van der Waals surface area contributed by atoms with Crippen molar-refractivity contribution in [3.8, 4) is 0 Å². The average Bonchev–Trinajstić information content (AvgIpc) is 2.53. The predicted molar refractivity (Wildman–Crippen MR) is 94.3 cm³/mol. The van der Waals surface area contributed by atoms with Gasteiger partial charge in [-0.1, -0.05) is 12.1 Å². The first-order chi connectivity index (χ1) is 11.3. The van der Waals surface area contributed by atoms with E-state index in [9.17, 15) is 9.59 Å². The minimum absolute atomic E-state index is 0.244. The lowest BCUT2D eigenvalue weighted by Crippen LogP contribution is -2.42. The lowest BCUT2D eigenvalue weighted by molar-refractivity contribution is 0.0198. The molecule has 1 saturated heterocycles. The van der Waals surface area contributed by atoms with E-state index in [2.05, 4.69) is 10.6 Å². The number of piperidine rings is 1. The van der Waals surface area contributed by atoms with Crippen LogP contribution in [0.25, 0.3) is 0 Å². The summed E-state index contributed by atoms with van der Waals surface area (Å²) in [7, 11) is 1.58. The second-order valence-electron chi connectivity index (χ2n) is 7.10. The van der Waals surface area contributed by atoms with Crippen LogP contribution in [0.3, 0.4) is 0 Å². The molecule has 1 atom stereocenters. The molecule has 132 valence electrons. The topological polar surface area (TPSA) is 70.7 Å². The Hall–Kier alpha value is -2.24. The molecule has 6 heteroatoms. The van der Waals surface area contributed by atoms with E-state index in [1.54, 1.807) is 11.9 Å². The molecule has 2 rings (SSSR count). The van der Waals surface area contributed by atoms with Gasteiger partial charge in [0.25, 0.3) is 0 Å². The highest BCUT2D eigenvalue weighted by molar-refractivity contribution is 5.89. The number of anilines is 1. The van der Waals surface area contributed by atoms with E-state index in [0.29, 0.717) is 6.54 Å². The Kier molecular flexibility index (Phi) is 5.70. The summed E-state index contributed by atoms with van der Waals surface area (Å²) >= 11 is 0. The first kappa shape index (κ1) is 18.1. The molecule has 1 aliphatic rings. The van der Waals surface area contributed by atoms with Gasteiger partial charge in [0.2, 0.25) is 0 Å². The van der Waals surface area contributed by atoms with Gasteiger partial charge in [0.05, 0.1) is 0 Å². The monoisotopic (exact) mass is 333 g/mol. The first-order valence-corrected chi connectivity index (χ1v) is 8.35. The molecule has 1 aromatic carbocycles. The van der Waals surface area contributed by atoms with Crippen molar-refractivity contribution in [3.05, 3.63) is 29.8 Å². The van der Waals surface area contributed by atoms with Gasteiger partial charge >= 0.3 is 12.1 Å². The number of benzene rings is 1. The fourth-order valence-electron chi connectivity index (χ4n) is 2.81. The van der Waals surface area contributed by atoms with Crippen LogP contribution in [-0.2, 0) is 4.74 Å². The minimum Gasteiger partial charge on any atom is -0.444 e. The van der Waals surface area contributed by atoms with Gasteiger partial charge in [-0.05, 0) is 51.3 Å². The number of hydrogen-bond donors (Lipinski definition) is 2. The number of ether oxygens (including phenoxy) is 1. The number of carbonyl (C=O) groups is 2. The average molecular weight is 333 g/mol. The van der Waals surface area contributed by atoms with Crippen molar-refractivity contribution in [2.75, 3.05) is 25.5 Å². The largest absolute Gasteiger partial charge is 0.444 e. The Bertz CT molecular complexity index is 595. The van der Waals surface area contributed by atoms with E-state index in [0.717, 1.165) is 30.6 Å². The molecule has 0 spiro atoms. The predicted octanol–water partition coefficient (Wildman–Crippen LogP) is 3.55. The van der Waals surface area contributed by atoms with Crippen LogP contribution in [0.1, 0.15) is 45.1 Å². The van der Waals surface area contributed by atoms with Crippen molar-refractivity contribution in [1.29, 1.82) is 0 Å². The molecule has 0 bridgehead atoms. The zero-order valence-electron chi connectivity index (χ0n) is 14.9. The molecule has 1 aromatic rings. The second kappa shape index (κ2) is 7.55. The van der Waals surface area contributed by atoms with Crippen LogP contribution >= 0.6 is 0 Å². The standard InChI is InChI=1S/C18H27N3O3/c1-18(2,3)24-17(23)21-10-6-8-14(12-21)13-7-5-9-15(11-13)20-16(22)19-4/h5,7,9,11,14H,6,8,10,12H2,1-4H3,(H2,19,20,22). The van der Waals surface area contributed by atoms with Crippen LogP contribution in [0, 0.1) is 0 Å². The number of rotatable bonds is 2. The molecule has 1 heterocycles. The number of carbonyl (C=O) groups excluding carboxylic acids is 2. The number of nitrogens with zero attached hydrogens (tertiary/aromatic N) is 1. The van der Waals surface area contributed by atoms with Crippen LogP contribution in [-0.4, -0.2) is 42.8 Å². The molecular formula is C18H27N3O3. The van der Waals surface area contributed by atoms with E-state index in [1.807, 2.05) is 45.0 Å². The summed E-state index contributed by atoms with van der Waals surface area (Å²) in [5.74, 6) is 0.248. The summed E-state index contributed by atoms with van der Waals surface area (Å²) in [6.07, 6.45) is 1.70. The number of likely N-dealkylation sites (tertiary alicyclic amines) is 1. The first-order valence-electron chi connectivity index (χ1n) is 8.35. The van der Waals surface area contributed by atoms with E-state index in [4.69, 9.17) is 4.74 Å². The number of amides is 3. The Morgan fingerprint density at radius 1 is 1.29 bits per heavy atom. The lowest BCUT2D eigenvalue weighted by atomic mass is 9.90. The number of urea groups is 1. The molecule has 24 heavy (non-hydrogen) atoms. The SMILES string of the molecule is CNC(=O)Nc1cccc(C2CCCN(C(=O)OC(C)(C)C)C2)c1. The normalized spacial score (nSPS) is 18.0. The maximum absolute atomic E-state index is 12.3. The molecule has 1 aliphatic heterocycles. The van der Waals surface area contributed by atoms with Crippen LogP contribution in [0.15, 0.2) is 24.3 Å². The summed E-state index contributed by atoms with van der Waals surface area (Å²) in [5.41, 5.74) is 1.39.